The molecule has 0 bridgehead atoms. The van der Waals surface area contributed by atoms with E-state index in [1.54, 1.807) is 18.9 Å². The van der Waals surface area contributed by atoms with Crippen molar-refractivity contribution < 1.29 is 9.53 Å². The molecule has 0 fully saturated rings. The Morgan fingerprint density at radius 1 is 1.00 bits per heavy atom. The van der Waals surface area contributed by atoms with Crippen molar-refractivity contribution in [2.75, 3.05) is 18.2 Å². The van der Waals surface area contributed by atoms with Crippen LogP contribution >= 0.6 is 23.1 Å². The molecule has 1 amide bonds. The monoisotopic (exact) mass is 488 g/mol. The van der Waals surface area contributed by atoms with E-state index in [1.807, 2.05) is 89.5 Å². The third-order valence-corrected chi connectivity index (χ3v) is 8.42. The Hall–Kier alpha value is -3.29. The molecule has 5 nitrogen and oxygen atoms in total. The Balaban J connectivity index is 1.58. The summed E-state index contributed by atoms with van der Waals surface area (Å²) in [6, 6.07) is 27.2. The van der Waals surface area contributed by atoms with Crippen LogP contribution in [0.2, 0.25) is 0 Å². The second-order valence-corrected chi connectivity index (χ2v) is 10.1. The average Bonchev–Trinajstić information content (AvgIpc) is 3.19. The summed E-state index contributed by atoms with van der Waals surface area (Å²) in [7, 11) is 1.64. The van der Waals surface area contributed by atoms with Crippen LogP contribution in [0.3, 0.4) is 0 Å². The minimum atomic E-state index is -0.350. The predicted octanol–water partition coefficient (Wildman–Crippen LogP) is 5.46. The van der Waals surface area contributed by atoms with Crippen LogP contribution in [0.4, 0.5) is 5.69 Å². The predicted molar refractivity (Wildman–Crippen MR) is 138 cm³/mol. The number of thiazole rings is 1. The first-order valence-electron chi connectivity index (χ1n) is 11.0. The van der Waals surface area contributed by atoms with Crippen molar-refractivity contribution in [2.45, 2.75) is 17.5 Å². The van der Waals surface area contributed by atoms with Crippen LogP contribution in [-0.2, 0) is 11.3 Å². The normalized spacial score (nSPS) is 17.1. The lowest BCUT2D eigenvalue weighted by atomic mass is 9.84. The minimum absolute atomic E-state index is 0.00892. The number of hydrogen-bond donors (Lipinski definition) is 1. The second-order valence-electron chi connectivity index (χ2n) is 8.10. The van der Waals surface area contributed by atoms with Crippen molar-refractivity contribution in [3.8, 4) is 5.75 Å². The van der Waals surface area contributed by atoms with Gasteiger partial charge >= 0.3 is 4.87 Å². The molecule has 0 unspecified atom stereocenters. The maximum atomic E-state index is 13.5. The summed E-state index contributed by atoms with van der Waals surface area (Å²) >= 11 is 2.82. The molecule has 7 heteroatoms. The van der Waals surface area contributed by atoms with Gasteiger partial charge in [-0.1, -0.05) is 78.1 Å². The molecule has 4 aromatic rings. The van der Waals surface area contributed by atoms with Crippen LogP contribution < -0.4 is 14.9 Å². The highest BCUT2D eigenvalue weighted by Crippen LogP contribution is 2.48. The molecular formula is C27H24N2O3S2. The fourth-order valence-electron chi connectivity index (χ4n) is 4.37. The van der Waals surface area contributed by atoms with Gasteiger partial charge < -0.3 is 10.1 Å². The van der Waals surface area contributed by atoms with E-state index in [0.29, 0.717) is 12.3 Å². The molecule has 1 N–H and O–H groups in total. The number of fused-ring (bicyclic) bond motifs is 1. The van der Waals surface area contributed by atoms with E-state index in [0.717, 1.165) is 32.5 Å². The number of methoxy groups -OCH3 is 1. The first-order valence-corrected chi connectivity index (χ1v) is 12.8. The van der Waals surface area contributed by atoms with E-state index >= 15 is 0 Å². The number of benzene rings is 3. The van der Waals surface area contributed by atoms with Gasteiger partial charge in [-0.3, -0.25) is 14.2 Å². The molecule has 0 aliphatic carbocycles. The maximum Gasteiger partial charge on any atom is 0.308 e. The summed E-state index contributed by atoms with van der Waals surface area (Å²) in [6.07, 6.45) is 0. The molecule has 0 spiro atoms. The van der Waals surface area contributed by atoms with Crippen LogP contribution in [0.5, 0.6) is 5.75 Å². The molecule has 0 radical (unpaired) electrons. The highest BCUT2D eigenvalue weighted by atomic mass is 32.2. The number of amides is 1. The number of hydrogen-bond acceptors (Lipinski definition) is 5. The zero-order valence-electron chi connectivity index (χ0n) is 18.6. The topological polar surface area (TPSA) is 60.3 Å². The fourth-order valence-corrected chi connectivity index (χ4v) is 7.05. The van der Waals surface area contributed by atoms with Gasteiger partial charge in [0, 0.05) is 27.8 Å². The molecule has 172 valence electrons. The Kier molecular flexibility index (Phi) is 6.56. The third-order valence-electron chi connectivity index (χ3n) is 5.99. The van der Waals surface area contributed by atoms with E-state index < -0.39 is 0 Å². The van der Waals surface area contributed by atoms with E-state index in [-0.39, 0.29) is 22.6 Å². The van der Waals surface area contributed by atoms with Gasteiger partial charge in [0.25, 0.3) is 0 Å². The third kappa shape index (κ3) is 4.41. The standard InChI is InChI=1S/C27H24N2O3S2/c1-32-22-15-9-8-14-20(22)23-21(25(30)28-19-12-6-3-7-13-19)17-33-26-24(23)34-27(31)29(26)16-18-10-4-2-5-11-18/h2-15,21,23H,16-17H2,1H3,(H,28,30)/t21-,23+/m0/s1. The van der Waals surface area contributed by atoms with Crippen molar-refractivity contribution in [3.63, 3.8) is 0 Å². The van der Waals surface area contributed by atoms with Gasteiger partial charge in [0.15, 0.2) is 0 Å². The van der Waals surface area contributed by atoms with Crippen LogP contribution in [-0.4, -0.2) is 23.3 Å². The van der Waals surface area contributed by atoms with E-state index in [2.05, 4.69) is 5.32 Å². The maximum absolute atomic E-state index is 13.5. The molecule has 0 saturated heterocycles. The first kappa shape index (κ1) is 22.5. The minimum Gasteiger partial charge on any atom is -0.496 e. The lowest BCUT2D eigenvalue weighted by molar-refractivity contribution is -0.119. The fraction of sp³-hybridized carbons (Fsp3) is 0.185. The number of carbonyl (C=O) groups excluding carboxylic acids is 1. The lowest BCUT2D eigenvalue weighted by Gasteiger charge is -2.31. The number of nitrogens with one attached hydrogen (secondary N) is 1. The van der Waals surface area contributed by atoms with Gasteiger partial charge in [0.2, 0.25) is 5.91 Å². The Labute approximate surface area is 206 Å². The highest BCUT2D eigenvalue weighted by Gasteiger charge is 2.40. The molecular weight excluding hydrogens is 464 g/mol. The van der Waals surface area contributed by atoms with Gasteiger partial charge in [-0.15, -0.1) is 11.8 Å². The average molecular weight is 489 g/mol. The summed E-state index contributed by atoms with van der Waals surface area (Å²) in [5.74, 6) is 0.608. The molecule has 1 aliphatic rings. The molecule has 2 atom stereocenters. The Morgan fingerprint density at radius 2 is 1.68 bits per heavy atom. The van der Waals surface area contributed by atoms with Gasteiger partial charge in [0.05, 0.1) is 24.6 Å². The number of thioether (sulfide) groups is 1. The zero-order valence-corrected chi connectivity index (χ0v) is 20.3. The van der Waals surface area contributed by atoms with Crippen LogP contribution in [0.1, 0.15) is 21.9 Å². The van der Waals surface area contributed by atoms with Crippen molar-refractivity contribution >= 4 is 34.7 Å². The number of carbonyl (C=O) groups is 1. The van der Waals surface area contributed by atoms with Gasteiger partial charge in [0.1, 0.15) is 5.75 Å². The Morgan fingerprint density at radius 3 is 2.41 bits per heavy atom. The number of para-hydroxylation sites is 2. The lowest BCUT2D eigenvalue weighted by Crippen LogP contribution is -2.33. The Bertz CT molecular complexity index is 1350. The van der Waals surface area contributed by atoms with Crippen molar-refractivity contribution in [3.05, 3.63) is 111 Å². The van der Waals surface area contributed by atoms with Gasteiger partial charge in [-0.25, -0.2) is 0 Å². The van der Waals surface area contributed by atoms with E-state index in [9.17, 15) is 9.59 Å². The number of aromatic nitrogens is 1. The molecule has 5 rings (SSSR count). The van der Waals surface area contributed by atoms with Crippen molar-refractivity contribution in [1.29, 1.82) is 0 Å². The molecule has 34 heavy (non-hydrogen) atoms. The van der Waals surface area contributed by atoms with Crippen LogP contribution in [0, 0.1) is 5.92 Å². The summed E-state index contributed by atoms with van der Waals surface area (Å²) in [4.78, 5) is 27.6. The summed E-state index contributed by atoms with van der Waals surface area (Å²) in [5.41, 5.74) is 2.76. The van der Waals surface area contributed by atoms with E-state index in [4.69, 9.17) is 4.74 Å². The number of nitrogens with zero attached hydrogens (tertiary/aromatic N) is 1. The smallest absolute Gasteiger partial charge is 0.308 e. The van der Waals surface area contributed by atoms with Gasteiger partial charge in [-0.05, 0) is 23.8 Å². The second kappa shape index (κ2) is 9.91. The molecule has 2 heterocycles. The quantitative estimate of drug-likeness (QED) is 0.392. The number of ether oxygens (including phenoxy) is 1. The number of anilines is 1. The summed E-state index contributed by atoms with van der Waals surface area (Å²) in [5, 5.41) is 4.01. The van der Waals surface area contributed by atoms with Gasteiger partial charge in [-0.2, -0.15) is 0 Å². The molecule has 3 aromatic carbocycles. The summed E-state index contributed by atoms with van der Waals surface area (Å²) in [6.45, 7) is 0.512. The van der Waals surface area contributed by atoms with Crippen LogP contribution in [0.25, 0.3) is 0 Å². The molecule has 0 saturated carbocycles. The highest BCUT2D eigenvalue weighted by molar-refractivity contribution is 7.99. The van der Waals surface area contributed by atoms with E-state index in [1.165, 1.54) is 11.3 Å². The SMILES string of the molecule is COc1ccccc1[C@H]1c2sc(=O)n(Cc3ccccc3)c2SC[C@@H]1C(=O)Nc1ccccc1. The van der Waals surface area contributed by atoms with Crippen molar-refractivity contribution in [1.82, 2.24) is 4.57 Å². The first-order chi connectivity index (χ1) is 16.7. The largest absolute Gasteiger partial charge is 0.496 e. The molecule has 1 aromatic heterocycles. The molecule has 1 aliphatic heterocycles. The van der Waals surface area contributed by atoms with Crippen LogP contribution in [0.15, 0.2) is 94.7 Å². The zero-order chi connectivity index (χ0) is 23.5. The summed E-state index contributed by atoms with van der Waals surface area (Å²) < 4.78 is 7.51. The van der Waals surface area contributed by atoms with Crippen molar-refractivity contribution in [2.24, 2.45) is 5.92 Å². The number of rotatable bonds is 6.